The van der Waals surface area contributed by atoms with Gasteiger partial charge in [-0.25, -0.2) is 4.79 Å². The van der Waals surface area contributed by atoms with Gasteiger partial charge in [0, 0.05) is 4.88 Å². The third-order valence-electron chi connectivity index (χ3n) is 3.60. The van der Waals surface area contributed by atoms with Gasteiger partial charge in [0.1, 0.15) is 5.54 Å². The highest BCUT2D eigenvalue weighted by molar-refractivity contribution is 7.09. The number of urea groups is 1. The van der Waals surface area contributed by atoms with E-state index >= 15 is 0 Å². The Bertz CT molecular complexity index is 466. The van der Waals surface area contributed by atoms with Crippen molar-refractivity contribution in [3.8, 4) is 0 Å². The van der Waals surface area contributed by atoms with E-state index in [1.165, 1.54) is 4.90 Å². The van der Waals surface area contributed by atoms with E-state index in [1.807, 2.05) is 17.5 Å². The molecule has 3 amide bonds. The average Bonchev–Trinajstić information content (AvgIpc) is 2.95. The molecular formula is C12H15N3O2S. The van der Waals surface area contributed by atoms with Gasteiger partial charge in [-0.3, -0.25) is 9.69 Å². The quantitative estimate of drug-likeness (QED) is 0.782. The zero-order valence-corrected chi connectivity index (χ0v) is 10.8. The lowest BCUT2D eigenvalue weighted by molar-refractivity contribution is -0.132. The van der Waals surface area contributed by atoms with Gasteiger partial charge in [-0.2, -0.15) is 0 Å². The van der Waals surface area contributed by atoms with Crippen LogP contribution in [-0.2, 0) is 11.3 Å². The number of hydrogen-bond acceptors (Lipinski definition) is 4. The summed E-state index contributed by atoms with van der Waals surface area (Å²) < 4.78 is 0. The molecule has 1 aromatic heterocycles. The molecule has 2 saturated heterocycles. The molecule has 2 fully saturated rings. The van der Waals surface area contributed by atoms with E-state index in [2.05, 4.69) is 10.6 Å². The third-order valence-corrected chi connectivity index (χ3v) is 4.46. The van der Waals surface area contributed by atoms with Crippen molar-refractivity contribution in [1.29, 1.82) is 0 Å². The highest BCUT2D eigenvalue weighted by atomic mass is 32.1. The molecule has 5 nitrogen and oxygen atoms in total. The molecule has 0 atom stereocenters. The van der Waals surface area contributed by atoms with Crippen LogP contribution in [0.1, 0.15) is 17.7 Å². The molecule has 2 aliphatic heterocycles. The number of hydrogen-bond donors (Lipinski definition) is 2. The van der Waals surface area contributed by atoms with Crippen LogP contribution in [0.25, 0.3) is 0 Å². The van der Waals surface area contributed by atoms with Crippen LogP contribution < -0.4 is 10.6 Å². The standard InChI is InChI=1S/C12H15N3O2S/c16-10-12(3-5-13-6-4-12)14-11(17)15(10)8-9-2-1-7-18-9/h1-2,7,13H,3-6,8H2,(H,14,17). The Morgan fingerprint density at radius 3 is 2.78 bits per heavy atom. The zero-order chi connectivity index (χ0) is 12.6. The normalized spacial score (nSPS) is 22.6. The average molecular weight is 265 g/mol. The highest BCUT2D eigenvalue weighted by Gasteiger charge is 2.51. The van der Waals surface area contributed by atoms with Crippen LogP contribution >= 0.6 is 11.3 Å². The lowest BCUT2D eigenvalue weighted by Gasteiger charge is -2.31. The highest BCUT2D eigenvalue weighted by Crippen LogP contribution is 2.28. The summed E-state index contributed by atoms with van der Waals surface area (Å²) in [5, 5.41) is 8.05. The molecule has 1 spiro atoms. The Morgan fingerprint density at radius 1 is 1.33 bits per heavy atom. The van der Waals surface area contributed by atoms with Gasteiger partial charge in [-0.15, -0.1) is 11.3 Å². The first-order chi connectivity index (χ1) is 8.71. The molecule has 0 aromatic carbocycles. The third kappa shape index (κ3) is 1.81. The maximum Gasteiger partial charge on any atom is 0.325 e. The van der Waals surface area contributed by atoms with Crippen molar-refractivity contribution in [2.75, 3.05) is 13.1 Å². The Morgan fingerprint density at radius 2 is 2.11 bits per heavy atom. The predicted octanol–water partition coefficient (Wildman–Crippen LogP) is 0.922. The summed E-state index contributed by atoms with van der Waals surface area (Å²) in [7, 11) is 0. The number of carbonyl (C=O) groups excluding carboxylic acids is 2. The summed E-state index contributed by atoms with van der Waals surface area (Å²) >= 11 is 1.56. The molecule has 2 aliphatic rings. The van der Waals surface area contributed by atoms with E-state index in [4.69, 9.17) is 0 Å². The number of nitrogens with one attached hydrogen (secondary N) is 2. The van der Waals surface area contributed by atoms with Crippen molar-refractivity contribution in [2.24, 2.45) is 0 Å². The second-order valence-corrected chi connectivity index (χ2v) is 5.77. The van der Waals surface area contributed by atoms with E-state index in [0.29, 0.717) is 19.4 Å². The molecular weight excluding hydrogens is 250 g/mol. The van der Waals surface area contributed by atoms with Gasteiger partial charge < -0.3 is 10.6 Å². The van der Waals surface area contributed by atoms with Crippen molar-refractivity contribution >= 4 is 23.3 Å². The van der Waals surface area contributed by atoms with Gasteiger partial charge in [-0.1, -0.05) is 6.07 Å². The summed E-state index contributed by atoms with van der Waals surface area (Å²) in [6.45, 7) is 1.94. The van der Waals surface area contributed by atoms with Gasteiger partial charge in [0.05, 0.1) is 6.54 Å². The summed E-state index contributed by atoms with van der Waals surface area (Å²) in [5.74, 6) is -0.0672. The van der Waals surface area contributed by atoms with Gasteiger partial charge in [0.25, 0.3) is 5.91 Å². The lowest BCUT2D eigenvalue weighted by Crippen LogP contribution is -2.53. The SMILES string of the molecule is O=C1NC2(CCNCC2)C(=O)N1Cc1cccs1. The minimum Gasteiger partial charge on any atom is -0.323 e. The Balaban J connectivity index is 1.80. The number of nitrogens with zero attached hydrogens (tertiary/aromatic N) is 1. The second kappa shape index (κ2) is 4.37. The first-order valence-corrected chi connectivity index (χ1v) is 6.96. The van der Waals surface area contributed by atoms with E-state index < -0.39 is 5.54 Å². The van der Waals surface area contributed by atoms with Crippen LogP contribution in [0.15, 0.2) is 17.5 Å². The van der Waals surface area contributed by atoms with Crippen molar-refractivity contribution in [1.82, 2.24) is 15.5 Å². The maximum atomic E-state index is 12.4. The van der Waals surface area contributed by atoms with Crippen LogP contribution in [-0.4, -0.2) is 35.5 Å². The maximum absolute atomic E-state index is 12.4. The fraction of sp³-hybridized carbons (Fsp3) is 0.500. The smallest absolute Gasteiger partial charge is 0.323 e. The van der Waals surface area contributed by atoms with Gasteiger partial charge in [-0.05, 0) is 37.4 Å². The molecule has 0 aliphatic carbocycles. The number of imide groups is 1. The molecule has 2 N–H and O–H groups in total. The molecule has 0 radical (unpaired) electrons. The molecule has 3 heterocycles. The summed E-state index contributed by atoms with van der Waals surface area (Å²) in [6, 6.07) is 3.62. The predicted molar refractivity (Wildman–Crippen MR) is 68.2 cm³/mol. The Kier molecular flexibility index (Phi) is 2.83. The molecule has 96 valence electrons. The molecule has 1 aromatic rings. The van der Waals surface area contributed by atoms with Crippen LogP contribution in [0.3, 0.4) is 0 Å². The fourth-order valence-corrected chi connectivity index (χ4v) is 3.26. The van der Waals surface area contributed by atoms with Crippen molar-refractivity contribution in [3.63, 3.8) is 0 Å². The number of piperidine rings is 1. The summed E-state index contributed by atoms with van der Waals surface area (Å²) in [6.07, 6.45) is 1.36. The molecule has 0 unspecified atom stereocenters. The topological polar surface area (TPSA) is 61.4 Å². The monoisotopic (exact) mass is 265 g/mol. The summed E-state index contributed by atoms with van der Waals surface area (Å²) in [4.78, 5) is 26.8. The van der Waals surface area contributed by atoms with Crippen molar-refractivity contribution < 1.29 is 9.59 Å². The Hall–Kier alpha value is -1.40. The second-order valence-electron chi connectivity index (χ2n) is 4.73. The number of thiophene rings is 1. The Labute approximate surface area is 109 Å². The molecule has 0 bridgehead atoms. The zero-order valence-electron chi connectivity index (χ0n) is 9.94. The minimum absolute atomic E-state index is 0.0672. The van der Waals surface area contributed by atoms with Crippen LogP contribution in [0.5, 0.6) is 0 Å². The molecule has 6 heteroatoms. The molecule has 18 heavy (non-hydrogen) atoms. The number of rotatable bonds is 2. The van der Waals surface area contributed by atoms with E-state index in [9.17, 15) is 9.59 Å². The van der Waals surface area contributed by atoms with E-state index in [-0.39, 0.29) is 11.9 Å². The van der Waals surface area contributed by atoms with Gasteiger partial charge >= 0.3 is 6.03 Å². The van der Waals surface area contributed by atoms with Crippen molar-refractivity contribution in [2.45, 2.75) is 24.9 Å². The van der Waals surface area contributed by atoms with E-state index in [0.717, 1.165) is 18.0 Å². The molecule has 3 rings (SSSR count). The van der Waals surface area contributed by atoms with Crippen molar-refractivity contribution in [3.05, 3.63) is 22.4 Å². The minimum atomic E-state index is -0.653. The van der Waals surface area contributed by atoms with Gasteiger partial charge in [0.2, 0.25) is 0 Å². The first kappa shape index (κ1) is 11.7. The number of carbonyl (C=O) groups is 2. The van der Waals surface area contributed by atoms with Crippen LogP contribution in [0.2, 0.25) is 0 Å². The molecule has 0 saturated carbocycles. The summed E-state index contributed by atoms with van der Waals surface area (Å²) in [5.41, 5.74) is -0.653. The van der Waals surface area contributed by atoms with Gasteiger partial charge in [0.15, 0.2) is 0 Å². The van der Waals surface area contributed by atoms with E-state index in [1.54, 1.807) is 11.3 Å². The lowest BCUT2D eigenvalue weighted by atomic mass is 9.88. The van der Waals surface area contributed by atoms with Crippen LogP contribution in [0, 0.1) is 0 Å². The first-order valence-electron chi connectivity index (χ1n) is 6.08. The largest absolute Gasteiger partial charge is 0.325 e. The number of amides is 3. The fourth-order valence-electron chi connectivity index (χ4n) is 2.57. The van der Waals surface area contributed by atoms with Crippen LogP contribution in [0.4, 0.5) is 4.79 Å².